The van der Waals surface area contributed by atoms with Crippen LogP contribution < -0.4 is 0 Å². The fourth-order valence-electron chi connectivity index (χ4n) is 4.53. The normalized spacial score (nSPS) is 31.0. The second kappa shape index (κ2) is 13.9. The SMILES string of the molecule is O=C(/C=C/c1ccc(O)c(O)c1)O[C@H]1[C@@H](O)[C@H](O[C@@H]2OC[C@@](O)(CO)[C@@H]2O)[C@H](OCCc2ccc(O)c(O)c2)O[C@H]1CO. The van der Waals surface area contributed by atoms with Gasteiger partial charge in [0.1, 0.15) is 30.0 Å². The minimum atomic E-state index is -2.05. The van der Waals surface area contributed by atoms with E-state index in [-0.39, 0.29) is 30.3 Å². The third-order valence-electron chi connectivity index (χ3n) is 7.04. The summed E-state index contributed by atoms with van der Waals surface area (Å²) in [5.41, 5.74) is -1.13. The molecular weight excluding hydrogens is 576 g/mol. The molecule has 4 rings (SSSR count). The Morgan fingerprint density at radius 3 is 2.28 bits per heavy atom. The van der Waals surface area contributed by atoms with Crippen LogP contribution in [0.15, 0.2) is 42.5 Å². The lowest BCUT2D eigenvalue weighted by Gasteiger charge is -2.43. The Morgan fingerprint density at radius 2 is 1.65 bits per heavy atom. The molecule has 0 unspecified atom stereocenters. The van der Waals surface area contributed by atoms with Crippen LogP contribution in [0.5, 0.6) is 23.0 Å². The van der Waals surface area contributed by atoms with Crippen LogP contribution in [0.4, 0.5) is 0 Å². The minimum absolute atomic E-state index is 0.0824. The van der Waals surface area contributed by atoms with Gasteiger partial charge in [-0.05, 0) is 47.9 Å². The monoisotopic (exact) mass is 610 g/mol. The summed E-state index contributed by atoms with van der Waals surface area (Å²) in [4.78, 5) is 12.6. The van der Waals surface area contributed by atoms with E-state index in [1.165, 1.54) is 36.4 Å². The molecule has 2 aliphatic heterocycles. The van der Waals surface area contributed by atoms with E-state index in [1.807, 2.05) is 0 Å². The molecule has 0 spiro atoms. The molecule has 0 aromatic heterocycles. The van der Waals surface area contributed by atoms with E-state index in [0.717, 1.165) is 6.08 Å². The van der Waals surface area contributed by atoms with E-state index >= 15 is 0 Å². The molecule has 0 bridgehead atoms. The zero-order valence-corrected chi connectivity index (χ0v) is 22.7. The first-order valence-corrected chi connectivity index (χ1v) is 13.2. The van der Waals surface area contributed by atoms with E-state index in [2.05, 4.69) is 0 Å². The Balaban J connectivity index is 1.49. The lowest BCUT2D eigenvalue weighted by Crippen LogP contribution is -2.62. The standard InChI is InChI=1S/C28H34O15/c29-11-20-23(42-21(35)6-3-14-1-4-16(31)18(33)9-14)22(36)24(43-27-25(37)28(38,12-30)13-40-27)26(41-20)39-8-7-15-2-5-17(32)19(34)10-15/h1-6,9-10,20,22-27,29-34,36-38H,7-8,11-13H2/b6-3+/t20-,22+,23+,24-,25+,26+,27-,28-/m0/s1. The van der Waals surface area contributed by atoms with Gasteiger partial charge in [-0.1, -0.05) is 12.1 Å². The van der Waals surface area contributed by atoms with Crippen LogP contribution in [0.1, 0.15) is 11.1 Å². The smallest absolute Gasteiger partial charge is 0.331 e. The summed E-state index contributed by atoms with van der Waals surface area (Å²) in [6, 6.07) is 7.98. The molecule has 0 amide bonds. The van der Waals surface area contributed by atoms with Crippen LogP contribution >= 0.6 is 0 Å². The number of phenolic OH excluding ortho intramolecular Hbond substituents is 4. The summed E-state index contributed by atoms with van der Waals surface area (Å²) >= 11 is 0. The van der Waals surface area contributed by atoms with E-state index in [0.29, 0.717) is 11.1 Å². The van der Waals surface area contributed by atoms with Gasteiger partial charge in [-0.2, -0.15) is 0 Å². The number of ether oxygens (including phenoxy) is 5. The molecule has 15 heteroatoms. The van der Waals surface area contributed by atoms with Gasteiger partial charge in [0.25, 0.3) is 0 Å². The zero-order chi connectivity index (χ0) is 31.3. The summed E-state index contributed by atoms with van der Waals surface area (Å²) in [5.74, 6) is -2.39. The highest BCUT2D eigenvalue weighted by molar-refractivity contribution is 5.87. The molecule has 236 valence electrons. The Bertz CT molecular complexity index is 1280. The quantitative estimate of drug-likeness (QED) is 0.0806. The molecule has 0 aliphatic carbocycles. The first-order chi connectivity index (χ1) is 20.4. The number of phenols is 4. The maximum Gasteiger partial charge on any atom is 0.331 e. The number of aliphatic hydroxyl groups excluding tert-OH is 4. The van der Waals surface area contributed by atoms with E-state index in [1.54, 1.807) is 6.07 Å². The van der Waals surface area contributed by atoms with Gasteiger partial charge in [0, 0.05) is 6.08 Å². The Hall–Kier alpha value is -3.51. The fourth-order valence-corrected chi connectivity index (χ4v) is 4.53. The number of benzene rings is 2. The van der Waals surface area contributed by atoms with Gasteiger partial charge in [0.15, 0.2) is 41.7 Å². The molecule has 0 saturated carbocycles. The van der Waals surface area contributed by atoms with Crippen LogP contribution in [0.25, 0.3) is 6.08 Å². The number of hydrogen-bond donors (Lipinski definition) is 9. The van der Waals surface area contributed by atoms with Gasteiger partial charge in [0.05, 0.1) is 26.4 Å². The molecular formula is C28H34O15. The summed E-state index contributed by atoms with van der Waals surface area (Å²) in [6.45, 7) is -2.16. The van der Waals surface area contributed by atoms with Crippen molar-refractivity contribution in [3.63, 3.8) is 0 Å². The number of carbonyl (C=O) groups excluding carboxylic acids is 1. The molecule has 43 heavy (non-hydrogen) atoms. The number of hydrogen-bond acceptors (Lipinski definition) is 15. The number of carbonyl (C=O) groups is 1. The average molecular weight is 611 g/mol. The number of aliphatic hydroxyl groups is 5. The van der Waals surface area contributed by atoms with Crippen molar-refractivity contribution in [1.29, 1.82) is 0 Å². The molecule has 8 atom stereocenters. The predicted molar refractivity (Wildman–Crippen MR) is 143 cm³/mol. The third kappa shape index (κ3) is 7.53. The van der Waals surface area contributed by atoms with Gasteiger partial charge in [-0.15, -0.1) is 0 Å². The zero-order valence-electron chi connectivity index (χ0n) is 22.7. The first kappa shape index (κ1) is 32.4. The van der Waals surface area contributed by atoms with Crippen molar-refractivity contribution in [3.05, 3.63) is 53.6 Å². The maximum absolute atomic E-state index is 12.6. The van der Waals surface area contributed by atoms with Crippen molar-refractivity contribution in [2.75, 3.05) is 26.4 Å². The van der Waals surface area contributed by atoms with Crippen LogP contribution in [0.3, 0.4) is 0 Å². The molecule has 2 aliphatic rings. The Labute approximate surface area is 245 Å². The second-order valence-electron chi connectivity index (χ2n) is 10.1. The average Bonchev–Trinajstić information content (AvgIpc) is 3.27. The predicted octanol–water partition coefficient (Wildman–Crippen LogP) is -1.40. The van der Waals surface area contributed by atoms with E-state index < -0.39 is 80.2 Å². The van der Waals surface area contributed by atoms with Crippen molar-refractivity contribution < 1.29 is 74.4 Å². The lowest BCUT2D eigenvalue weighted by molar-refractivity contribution is -0.336. The fraction of sp³-hybridized carbons (Fsp3) is 0.464. The van der Waals surface area contributed by atoms with E-state index in [4.69, 9.17) is 23.7 Å². The second-order valence-corrected chi connectivity index (χ2v) is 10.1. The third-order valence-corrected chi connectivity index (χ3v) is 7.04. The van der Waals surface area contributed by atoms with Crippen molar-refractivity contribution in [3.8, 4) is 23.0 Å². The summed E-state index contributed by atoms with van der Waals surface area (Å²) in [6.07, 6.45) is -8.38. The summed E-state index contributed by atoms with van der Waals surface area (Å²) < 4.78 is 27.9. The van der Waals surface area contributed by atoms with Crippen LogP contribution in [-0.2, 0) is 34.9 Å². The van der Waals surface area contributed by atoms with Crippen LogP contribution in [0.2, 0.25) is 0 Å². The maximum atomic E-state index is 12.6. The van der Waals surface area contributed by atoms with Crippen LogP contribution in [0, 0.1) is 0 Å². The topological polar surface area (TPSA) is 245 Å². The minimum Gasteiger partial charge on any atom is -0.504 e. The number of aromatic hydroxyl groups is 4. The highest BCUT2D eigenvalue weighted by Gasteiger charge is 2.54. The van der Waals surface area contributed by atoms with Gasteiger partial charge >= 0.3 is 5.97 Å². The highest BCUT2D eigenvalue weighted by atomic mass is 16.8. The molecule has 2 fully saturated rings. The molecule has 2 saturated heterocycles. The summed E-state index contributed by atoms with van der Waals surface area (Å²) in [5, 5.41) is 89.8. The molecule has 9 N–H and O–H groups in total. The Kier molecular flexibility index (Phi) is 10.4. The van der Waals surface area contributed by atoms with Gasteiger partial charge < -0.3 is 69.6 Å². The van der Waals surface area contributed by atoms with Crippen LogP contribution in [-0.4, -0.2) is 127 Å². The first-order valence-electron chi connectivity index (χ1n) is 13.2. The van der Waals surface area contributed by atoms with Crippen molar-refractivity contribution in [2.45, 2.75) is 55.1 Å². The van der Waals surface area contributed by atoms with E-state index in [9.17, 15) is 50.8 Å². The molecule has 0 radical (unpaired) electrons. The number of esters is 1. The summed E-state index contributed by atoms with van der Waals surface area (Å²) in [7, 11) is 0. The molecule has 2 heterocycles. The molecule has 2 aromatic carbocycles. The molecule has 2 aromatic rings. The van der Waals surface area contributed by atoms with Gasteiger partial charge in [0.2, 0.25) is 0 Å². The van der Waals surface area contributed by atoms with Crippen molar-refractivity contribution in [2.24, 2.45) is 0 Å². The highest BCUT2D eigenvalue weighted by Crippen LogP contribution is 2.33. The van der Waals surface area contributed by atoms with Gasteiger partial charge in [-0.25, -0.2) is 4.79 Å². The van der Waals surface area contributed by atoms with Crippen molar-refractivity contribution in [1.82, 2.24) is 0 Å². The van der Waals surface area contributed by atoms with Crippen molar-refractivity contribution >= 4 is 12.0 Å². The lowest BCUT2D eigenvalue weighted by atomic mass is 9.97. The Morgan fingerprint density at radius 1 is 0.953 bits per heavy atom. The molecule has 15 nitrogen and oxygen atoms in total. The van der Waals surface area contributed by atoms with Gasteiger partial charge in [-0.3, -0.25) is 0 Å². The number of rotatable bonds is 11. The largest absolute Gasteiger partial charge is 0.504 e.